The zero-order chi connectivity index (χ0) is 13.9. The predicted molar refractivity (Wildman–Crippen MR) is 63.6 cm³/mol. The van der Waals surface area contributed by atoms with Crippen LogP contribution in [0.2, 0.25) is 0 Å². The maximum Gasteiger partial charge on any atom is 0.416 e. The van der Waals surface area contributed by atoms with E-state index in [0.29, 0.717) is 5.84 Å². The SMILES string of the molecule is NC1=NN=C(N=NNc2cccc(C(F)(F)F)c2)C1. The monoisotopic (exact) mass is 270 g/mol. The number of halogens is 3. The number of nitrogens with zero attached hydrogens (tertiary/aromatic N) is 4. The molecule has 0 aliphatic carbocycles. The van der Waals surface area contributed by atoms with Crippen molar-refractivity contribution in [2.24, 2.45) is 26.3 Å². The third kappa shape index (κ3) is 3.50. The van der Waals surface area contributed by atoms with Crippen LogP contribution >= 0.6 is 0 Å². The van der Waals surface area contributed by atoms with E-state index in [4.69, 9.17) is 5.73 Å². The van der Waals surface area contributed by atoms with Gasteiger partial charge in [-0.25, -0.2) is 0 Å². The largest absolute Gasteiger partial charge is 0.416 e. The molecule has 1 aliphatic heterocycles. The van der Waals surface area contributed by atoms with Gasteiger partial charge in [-0.1, -0.05) is 11.3 Å². The highest BCUT2D eigenvalue weighted by atomic mass is 19.4. The number of anilines is 1. The second-order valence-electron chi connectivity index (χ2n) is 3.67. The number of amidine groups is 2. The average molecular weight is 270 g/mol. The van der Waals surface area contributed by atoms with E-state index in [2.05, 4.69) is 26.0 Å². The van der Waals surface area contributed by atoms with Crippen molar-refractivity contribution in [2.75, 3.05) is 5.43 Å². The summed E-state index contributed by atoms with van der Waals surface area (Å²) in [6.45, 7) is 0. The summed E-state index contributed by atoms with van der Waals surface area (Å²) in [5.41, 5.74) is 7.16. The highest BCUT2D eigenvalue weighted by Gasteiger charge is 2.30. The number of nitrogens with two attached hydrogens (primary N) is 1. The fourth-order valence-corrected chi connectivity index (χ4v) is 1.32. The minimum absolute atomic E-state index is 0.172. The molecule has 1 aliphatic rings. The van der Waals surface area contributed by atoms with Gasteiger partial charge in [0, 0.05) is 0 Å². The van der Waals surface area contributed by atoms with Gasteiger partial charge in [-0.2, -0.15) is 13.2 Å². The van der Waals surface area contributed by atoms with Crippen LogP contribution < -0.4 is 11.2 Å². The minimum atomic E-state index is -4.40. The molecular formula is C10H9F3N6. The summed E-state index contributed by atoms with van der Waals surface area (Å²) in [6, 6.07) is 4.61. The van der Waals surface area contributed by atoms with E-state index in [1.54, 1.807) is 0 Å². The number of alkyl halides is 3. The van der Waals surface area contributed by atoms with E-state index in [-0.39, 0.29) is 17.9 Å². The third-order valence-corrected chi connectivity index (χ3v) is 2.17. The van der Waals surface area contributed by atoms with Crippen molar-refractivity contribution < 1.29 is 13.2 Å². The molecule has 0 radical (unpaired) electrons. The number of nitrogens with one attached hydrogen (secondary N) is 1. The van der Waals surface area contributed by atoms with Gasteiger partial charge in [-0.15, -0.1) is 15.3 Å². The lowest BCUT2D eigenvalue weighted by atomic mass is 10.2. The summed E-state index contributed by atoms with van der Waals surface area (Å²) in [6.07, 6.45) is -4.12. The molecule has 0 saturated heterocycles. The summed E-state index contributed by atoms with van der Waals surface area (Å²) in [5, 5.41) is 14.3. The fourth-order valence-electron chi connectivity index (χ4n) is 1.32. The first kappa shape index (κ1) is 13.0. The Balaban J connectivity index is 1.99. The first-order valence-corrected chi connectivity index (χ1v) is 5.18. The first-order valence-electron chi connectivity index (χ1n) is 5.18. The van der Waals surface area contributed by atoms with Crippen molar-refractivity contribution in [1.29, 1.82) is 0 Å². The first-order chi connectivity index (χ1) is 8.95. The van der Waals surface area contributed by atoms with Gasteiger partial charge in [-0.05, 0) is 18.2 Å². The van der Waals surface area contributed by atoms with E-state index in [1.165, 1.54) is 12.1 Å². The molecule has 100 valence electrons. The fraction of sp³-hybridized carbons (Fsp3) is 0.200. The van der Waals surface area contributed by atoms with E-state index < -0.39 is 11.7 Å². The van der Waals surface area contributed by atoms with E-state index in [1.807, 2.05) is 0 Å². The standard InChI is InChI=1S/C10H9F3N6/c11-10(12,13)6-2-1-3-7(4-6)15-19-18-9-5-8(14)16-17-9/h1-4H,5H2,(H2,14,16)(H,15,17,18). The van der Waals surface area contributed by atoms with Crippen LogP contribution in [0.5, 0.6) is 0 Å². The van der Waals surface area contributed by atoms with Crippen LogP contribution in [0.25, 0.3) is 0 Å². The van der Waals surface area contributed by atoms with Crippen LogP contribution in [0, 0.1) is 0 Å². The van der Waals surface area contributed by atoms with Crippen LogP contribution in [0.15, 0.2) is 44.8 Å². The van der Waals surface area contributed by atoms with Crippen LogP contribution in [0.3, 0.4) is 0 Å². The number of rotatable bonds is 2. The van der Waals surface area contributed by atoms with Crippen LogP contribution in [0.4, 0.5) is 18.9 Å². The molecule has 0 atom stereocenters. The third-order valence-electron chi connectivity index (χ3n) is 2.17. The maximum atomic E-state index is 12.4. The highest BCUT2D eigenvalue weighted by Crippen LogP contribution is 2.30. The van der Waals surface area contributed by atoms with Crippen molar-refractivity contribution in [1.82, 2.24) is 0 Å². The topological polar surface area (TPSA) is 87.5 Å². The number of hydrogen-bond donors (Lipinski definition) is 2. The molecule has 0 amide bonds. The normalized spacial score (nSPS) is 15.5. The van der Waals surface area contributed by atoms with Gasteiger partial charge in [0.15, 0.2) is 5.84 Å². The second kappa shape index (κ2) is 5.04. The minimum Gasteiger partial charge on any atom is -0.385 e. The van der Waals surface area contributed by atoms with Gasteiger partial charge < -0.3 is 5.73 Å². The Morgan fingerprint density at radius 3 is 2.68 bits per heavy atom. The van der Waals surface area contributed by atoms with Crippen molar-refractivity contribution in [3.05, 3.63) is 29.8 Å². The molecule has 0 bridgehead atoms. The summed E-state index contributed by atoms with van der Waals surface area (Å²) >= 11 is 0. The molecule has 1 heterocycles. The Bertz CT molecular complexity index is 561. The zero-order valence-corrected chi connectivity index (χ0v) is 9.52. The Kier molecular flexibility index (Phi) is 3.45. The molecular weight excluding hydrogens is 261 g/mol. The van der Waals surface area contributed by atoms with Crippen LogP contribution in [-0.4, -0.2) is 11.7 Å². The number of hydrogen-bond acceptors (Lipinski definition) is 5. The van der Waals surface area contributed by atoms with Gasteiger partial charge >= 0.3 is 6.18 Å². The lowest BCUT2D eigenvalue weighted by Crippen LogP contribution is -2.10. The quantitative estimate of drug-likeness (QED) is 0.639. The zero-order valence-electron chi connectivity index (χ0n) is 9.52. The molecule has 19 heavy (non-hydrogen) atoms. The molecule has 9 heteroatoms. The van der Waals surface area contributed by atoms with Crippen molar-refractivity contribution in [3.63, 3.8) is 0 Å². The Morgan fingerprint density at radius 1 is 1.26 bits per heavy atom. The average Bonchev–Trinajstić information content (AvgIpc) is 2.74. The molecule has 1 aromatic rings. The predicted octanol–water partition coefficient (Wildman–Crippen LogP) is 2.56. The Hall–Kier alpha value is -2.45. The molecule has 0 fully saturated rings. The summed E-state index contributed by atoms with van der Waals surface area (Å²) in [7, 11) is 0. The summed E-state index contributed by atoms with van der Waals surface area (Å²) < 4.78 is 37.3. The molecule has 0 saturated carbocycles. The van der Waals surface area contributed by atoms with Crippen LogP contribution in [0.1, 0.15) is 12.0 Å². The molecule has 1 aromatic carbocycles. The van der Waals surface area contributed by atoms with Gasteiger partial charge in [0.1, 0.15) is 5.84 Å². The van der Waals surface area contributed by atoms with Gasteiger partial charge in [-0.3, -0.25) is 5.43 Å². The Morgan fingerprint density at radius 2 is 2.05 bits per heavy atom. The molecule has 2 rings (SSSR count). The van der Waals surface area contributed by atoms with E-state index in [0.717, 1.165) is 12.1 Å². The summed E-state index contributed by atoms with van der Waals surface area (Å²) in [4.78, 5) is 0. The highest BCUT2D eigenvalue weighted by molar-refractivity contribution is 6.04. The van der Waals surface area contributed by atoms with Crippen molar-refractivity contribution >= 4 is 17.4 Å². The molecule has 3 N–H and O–H groups in total. The lowest BCUT2D eigenvalue weighted by molar-refractivity contribution is -0.137. The van der Waals surface area contributed by atoms with Crippen molar-refractivity contribution in [2.45, 2.75) is 12.6 Å². The van der Waals surface area contributed by atoms with E-state index in [9.17, 15) is 13.2 Å². The molecule has 6 nitrogen and oxygen atoms in total. The van der Waals surface area contributed by atoms with Gasteiger partial charge in [0.25, 0.3) is 0 Å². The second-order valence-corrected chi connectivity index (χ2v) is 3.67. The molecule has 0 aromatic heterocycles. The van der Waals surface area contributed by atoms with Gasteiger partial charge in [0.05, 0.1) is 17.7 Å². The van der Waals surface area contributed by atoms with E-state index >= 15 is 0 Å². The lowest BCUT2D eigenvalue weighted by Gasteiger charge is -2.07. The number of benzene rings is 1. The Labute approximate surface area is 105 Å². The maximum absolute atomic E-state index is 12.4. The molecule has 0 unspecified atom stereocenters. The van der Waals surface area contributed by atoms with Gasteiger partial charge in [0.2, 0.25) is 0 Å². The van der Waals surface area contributed by atoms with Crippen LogP contribution in [-0.2, 0) is 6.18 Å². The summed E-state index contributed by atoms with van der Waals surface area (Å²) in [5.74, 6) is 0.602. The van der Waals surface area contributed by atoms with Crippen molar-refractivity contribution in [3.8, 4) is 0 Å². The smallest absolute Gasteiger partial charge is 0.385 e. The molecule has 0 spiro atoms.